The summed E-state index contributed by atoms with van der Waals surface area (Å²) in [5.41, 5.74) is 2.33. The topological polar surface area (TPSA) is 97.3 Å². The minimum absolute atomic E-state index is 0.0799. The van der Waals surface area contributed by atoms with Crippen LogP contribution in [0.5, 0.6) is 0 Å². The fourth-order valence-electron chi connectivity index (χ4n) is 6.74. The zero-order valence-electron chi connectivity index (χ0n) is 30.0. The smallest absolute Gasteiger partial charge is 0.323 e. The summed E-state index contributed by atoms with van der Waals surface area (Å²) in [6.45, 7) is 6.46. The number of hydrogen-bond donors (Lipinski definition) is 2. The van der Waals surface area contributed by atoms with Crippen molar-refractivity contribution < 1.29 is 50.9 Å². The van der Waals surface area contributed by atoms with Crippen LogP contribution in [-0.2, 0) is 32.2 Å². The molecule has 0 unspecified atom stereocenters. The van der Waals surface area contributed by atoms with Gasteiger partial charge >= 0.3 is 5.97 Å². The number of rotatable bonds is 10. The summed E-state index contributed by atoms with van der Waals surface area (Å²) in [6, 6.07) is 21.5. The molecule has 54 heavy (non-hydrogen) atoms. The Morgan fingerprint density at radius 2 is 1.48 bits per heavy atom. The van der Waals surface area contributed by atoms with Crippen LogP contribution < -0.4 is 5.32 Å². The monoisotopic (exact) mass is 752 g/mol. The van der Waals surface area contributed by atoms with E-state index in [-0.39, 0.29) is 37.4 Å². The molecule has 2 fully saturated rings. The van der Waals surface area contributed by atoms with Crippen LogP contribution in [0.1, 0.15) is 85.0 Å². The van der Waals surface area contributed by atoms with E-state index in [1.807, 2.05) is 75.4 Å². The second-order valence-electron chi connectivity index (χ2n) is 14.5. The van der Waals surface area contributed by atoms with E-state index in [0.29, 0.717) is 24.9 Å². The number of benzene rings is 4. The highest BCUT2D eigenvalue weighted by Crippen LogP contribution is 2.39. The Kier molecular flexibility index (Phi) is 11.8. The number of aliphatic hydroxyl groups excluding tert-OH is 1. The molecular formula is C41H41F5N2O6. The largest absolute Gasteiger partial charge is 0.459 e. The van der Waals surface area contributed by atoms with E-state index in [4.69, 9.17) is 14.2 Å². The second-order valence-corrected chi connectivity index (χ2v) is 14.5. The molecule has 0 saturated carbocycles. The Hall–Kier alpha value is -4.69. The summed E-state index contributed by atoms with van der Waals surface area (Å²) in [4.78, 5) is 27.7. The third kappa shape index (κ3) is 8.81. The summed E-state index contributed by atoms with van der Waals surface area (Å²) in [7, 11) is 0. The average Bonchev–Trinajstić information content (AvgIpc) is 3.63. The third-order valence-electron chi connectivity index (χ3n) is 9.43. The van der Waals surface area contributed by atoms with Gasteiger partial charge in [-0.15, -0.1) is 0 Å². The predicted octanol–water partition coefficient (Wildman–Crippen LogP) is 7.82. The van der Waals surface area contributed by atoms with Crippen LogP contribution in [0, 0.1) is 29.1 Å². The number of carbonyl (C=O) groups is 2. The molecule has 1 amide bonds. The Morgan fingerprint density at radius 3 is 2.13 bits per heavy atom. The Balaban J connectivity index is 1.17. The summed E-state index contributed by atoms with van der Waals surface area (Å²) in [6.07, 6.45) is 0.743. The van der Waals surface area contributed by atoms with Gasteiger partial charge in [0.15, 0.2) is 29.6 Å². The van der Waals surface area contributed by atoms with Gasteiger partial charge in [-0.3, -0.25) is 14.5 Å². The van der Waals surface area contributed by atoms with Gasteiger partial charge in [-0.05, 0) is 74.0 Å². The van der Waals surface area contributed by atoms with E-state index in [2.05, 4.69) is 10.2 Å². The van der Waals surface area contributed by atoms with Crippen molar-refractivity contribution in [3.8, 4) is 11.1 Å². The highest BCUT2D eigenvalue weighted by Gasteiger charge is 2.39. The molecule has 0 radical (unpaired) electrons. The number of ether oxygens (including phenoxy) is 3. The standard InChI is InChI=1S/C41H41F5N2O6/c1-41(2,3)54-39(51)30-8-5-17-48(30)21-29-19-31(26-11-9-23(22-49)10-12-26)53-40(52-29)27-15-13-25(14-16-27)28-7-4-6-24(18-28)20-47-38(50)32-33(42)35(44)37(46)36(45)34(32)43/h4,6-7,9-16,18,29-31,40,49H,5,8,17,19-22H2,1-3H3,(H,47,50)/t29-,30-,31+,40+/m0/s1. The fraction of sp³-hybridized carbons (Fsp3) is 0.366. The van der Waals surface area contributed by atoms with Crippen LogP contribution in [0.2, 0.25) is 0 Å². The Bertz CT molecular complexity index is 1960. The second kappa shape index (κ2) is 16.4. The number of likely N-dealkylation sites (tertiary alicyclic amines) is 1. The van der Waals surface area contributed by atoms with Crippen molar-refractivity contribution in [1.82, 2.24) is 10.2 Å². The van der Waals surface area contributed by atoms with Gasteiger partial charge < -0.3 is 24.6 Å². The maximum absolute atomic E-state index is 14.1. The molecule has 286 valence electrons. The molecule has 4 aromatic carbocycles. The first-order valence-corrected chi connectivity index (χ1v) is 17.7. The first kappa shape index (κ1) is 39.0. The molecule has 2 aliphatic heterocycles. The first-order chi connectivity index (χ1) is 25.7. The molecule has 13 heteroatoms. The molecule has 2 saturated heterocycles. The van der Waals surface area contributed by atoms with E-state index < -0.39 is 52.4 Å². The molecule has 8 nitrogen and oxygen atoms in total. The van der Waals surface area contributed by atoms with E-state index in [9.17, 15) is 36.6 Å². The summed E-state index contributed by atoms with van der Waals surface area (Å²) >= 11 is 0. The van der Waals surface area contributed by atoms with Gasteiger partial charge in [0, 0.05) is 25.1 Å². The van der Waals surface area contributed by atoms with Crippen LogP contribution in [0.4, 0.5) is 22.0 Å². The minimum atomic E-state index is -2.34. The molecule has 2 N–H and O–H groups in total. The number of amides is 1. The summed E-state index contributed by atoms with van der Waals surface area (Å²) in [5, 5.41) is 11.8. The van der Waals surface area contributed by atoms with E-state index in [1.54, 1.807) is 18.2 Å². The van der Waals surface area contributed by atoms with Crippen molar-refractivity contribution in [2.75, 3.05) is 13.1 Å². The zero-order chi connectivity index (χ0) is 38.7. The third-order valence-corrected chi connectivity index (χ3v) is 9.43. The first-order valence-electron chi connectivity index (χ1n) is 17.7. The van der Waals surface area contributed by atoms with Crippen LogP contribution in [0.3, 0.4) is 0 Å². The number of hydrogen-bond acceptors (Lipinski definition) is 7. The van der Waals surface area contributed by atoms with Crippen molar-refractivity contribution in [1.29, 1.82) is 0 Å². The van der Waals surface area contributed by atoms with Crippen molar-refractivity contribution >= 4 is 11.9 Å². The maximum atomic E-state index is 14.1. The normalized spacial score (nSPS) is 20.5. The molecular weight excluding hydrogens is 711 g/mol. The number of esters is 1. The Morgan fingerprint density at radius 1 is 0.833 bits per heavy atom. The van der Waals surface area contributed by atoms with Gasteiger partial charge in [-0.1, -0.05) is 66.7 Å². The molecule has 0 aliphatic carbocycles. The van der Waals surface area contributed by atoms with Gasteiger partial charge in [0.2, 0.25) is 5.82 Å². The average molecular weight is 753 g/mol. The van der Waals surface area contributed by atoms with Crippen LogP contribution in [-0.4, -0.2) is 52.7 Å². The van der Waals surface area contributed by atoms with Crippen LogP contribution >= 0.6 is 0 Å². The number of nitrogens with one attached hydrogen (secondary N) is 1. The lowest BCUT2D eigenvalue weighted by molar-refractivity contribution is -0.253. The minimum Gasteiger partial charge on any atom is -0.459 e. The van der Waals surface area contributed by atoms with Gasteiger partial charge in [0.05, 0.1) is 18.8 Å². The van der Waals surface area contributed by atoms with Crippen molar-refractivity contribution in [2.45, 2.75) is 83.3 Å². The van der Waals surface area contributed by atoms with Crippen molar-refractivity contribution in [2.24, 2.45) is 0 Å². The molecule has 4 aromatic rings. The molecule has 0 spiro atoms. The van der Waals surface area contributed by atoms with E-state index in [1.165, 1.54) is 0 Å². The van der Waals surface area contributed by atoms with Crippen molar-refractivity contribution in [3.05, 3.63) is 130 Å². The summed E-state index contributed by atoms with van der Waals surface area (Å²) in [5.74, 6) is -12.8. The molecule has 0 aromatic heterocycles. The molecule has 2 heterocycles. The van der Waals surface area contributed by atoms with Crippen molar-refractivity contribution in [3.63, 3.8) is 0 Å². The number of nitrogens with zero attached hydrogens (tertiary/aromatic N) is 1. The predicted molar refractivity (Wildman–Crippen MR) is 188 cm³/mol. The molecule has 0 bridgehead atoms. The summed E-state index contributed by atoms with van der Waals surface area (Å²) < 4.78 is 87.8. The fourth-order valence-corrected chi connectivity index (χ4v) is 6.74. The Labute approximate surface area is 309 Å². The quantitative estimate of drug-likeness (QED) is 0.0738. The van der Waals surface area contributed by atoms with E-state index in [0.717, 1.165) is 40.8 Å². The van der Waals surface area contributed by atoms with Crippen LogP contribution in [0.25, 0.3) is 11.1 Å². The lowest BCUT2D eigenvalue weighted by Gasteiger charge is -2.38. The van der Waals surface area contributed by atoms with Gasteiger partial charge in [-0.2, -0.15) is 0 Å². The number of halogens is 5. The van der Waals surface area contributed by atoms with Gasteiger partial charge in [-0.25, -0.2) is 22.0 Å². The van der Waals surface area contributed by atoms with E-state index >= 15 is 0 Å². The molecule has 6 rings (SSSR count). The van der Waals surface area contributed by atoms with Gasteiger partial charge in [0.1, 0.15) is 17.2 Å². The SMILES string of the molecule is CC(C)(C)OC(=O)[C@@H]1CCCN1C[C@@H]1C[C@H](c2ccc(CO)cc2)O[C@H](c2ccc(-c3cccc(CNC(=O)c4c(F)c(F)c(F)c(F)c4F)c3)cc2)O1. The highest BCUT2D eigenvalue weighted by atomic mass is 19.2. The highest BCUT2D eigenvalue weighted by molar-refractivity contribution is 5.94. The molecule has 4 atom stereocenters. The van der Waals surface area contributed by atoms with Gasteiger partial charge in [0.25, 0.3) is 5.91 Å². The lowest BCUT2D eigenvalue weighted by Crippen LogP contribution is -2.45. The lowest BCUT2D eigenvalue weighted by atomic mass is 9.98. The maximum Gasteiger partial charge on any atom is 0.323 e. The van der Waals surface area contributed by atoms with Crippen LogP contribution in [0.15, 0.2) is 72.8 Å². The number of carbonyl (C=O) groups excluding carboxylic acids is 2. The molecule has 2 aliphatic rings. The zero-order valence-corrected chi connectivity index (χ0v) is 30.0. The number of aliphatic hydroxyl groups is 1.